The van der Waals surface area contributed by atoms with Crippen LogP contribution in [0.15, 0.2) is 40.7 Å². The van der Waals surface area contributed by atoms with Gasteiger partial charge in [-0.2, -0.15) is 0 Å². The van der Waals surface area contributed by atoms with Gasteiger partial charge in [0.2, 0.25) is 0 Å². The maximum atomic E-state index is 4.72. The lowest BCUT2D eigenvalue weighted by atomic mass is 10.2. The van der Waals surface area contributed by atoms with Gasteiger partial charge in [0.25, 0.3) is 0 Å². The van der Waals surface area contributed by atoms with Crippen LogP contribution in [0.5, 0.6) is 0 Å². The minimum atomic E-state index is 0.698. The molecule has 6 heteroatoms. The molecule has 0 bridgehead atoms. The lowest BCUT2D eigenvalue weighted by Crippen LogP contribution is -2.38. The Bertz CT molecular complexity index is 690. The molecule has 0 unspecified atom stereocenters. The van der Waals surface area contributed by atoms with E-state index in [9.17, 15) is 0 Å². The summed E-state index contributed by atoms with van der Waals surface area (Å²) in [7, 11) is 1.82. The molecular formula is C21H31N5S. The molecule has 0 atom stereocenters. The Balaban J connectivity index is 1.37. The van der Waals surface area contributed by atoms with Gasteiger partial charge in [-0.25, -0.2) is 4.98 Å². The number of hydrogen-bond donors (Lipinski definition) is 2. The molecule has 27 heavy (non-hydrogen) atoms. The number of nitrogens with one attached hydrogen (secondary N) is 2. The Kier molecular flexibility index (Phi) is 8.11. The third kappa shape index (κ3) is 6.63. The Labute approximate surface area is 166 Å². The zero-order valence-corrected chi connectivity index (χ0v) is 17.1. The molecule has 0 amide bonds. The molecule has 1 saturated heterocycles. The average Bonchev–Trinajstić information content (AvgIpc) is 3.04. The van der Waals surface area contributed by atoms with Gasteiger partial charge in [-0.3, -0.25) is 4.99 Å². The number of aliphatic imine (C=N–C) groups is 1. The molecule has 0 radical (unpaired) electrons. The molecular weight excluding hydrogens is 354 g/mol. The standard InChI is InChI=1S/C21H31N5S/c1-22-21(23-12-9-15-26-13-7-2-3-8-14-26)24-16-20-25-19(17-27-20)18-10-5-4-6-11-18/h4-6,10-11,17H,2-3,7-9,12-16H2,1H3,(H2,22,23,24). The molecule has 1 aliphatic rings. The van der Waals surface area contributed by atoms with Crippen molar-refractivity contribution in [2.45, 2.75) is 38.6 Å². The van der Waals surface area contributed by atoms with Crippen LogP contribution in [-0.4, -0.2) is 49.1 Å². The number of aromatic nitrogens is 1. The lowest BCUT2D eigenvalue weighted by molar-refractivity contribution is 0.282. The maximum Gasteiger partial charge on any atom is 0.191 e. The first-order chi connectivity index (χ1) is 13.3. The minimum Gasteiger partial charge on any atom is -0.356 e. The summed E-state index contributed by atoms with van der Waals surface area (Å²) >= 11 is 1.68. The molecule has 2 aromatic rings. The van der Waals surface area contributed by atoms with Crippen LogP contribution in [0, 0.1) is 0 Å². The maximum absolute atomic E-state index is 4.72. The van der Waals surface area contributed by atoms with E-state index in [4.69, 9.17) is 4.98 Å². The molecule has 1 aromatic carbocycles. The minimum absolute atomic E-state index is 0.698. The fourth-order valence-electron chi connectivity index (χ4n) is 3.38. The summed E-state index contributed by atoms with van der Waals surface area (Å²) < 4.78 is 0. The smallest absolute Gasteiger partial charge is 0.191 e. The summed E-state index contributed by atoms with van der Waals surface area (Å²) in [5.74, 6) is 0.849. The molecule has 0 aliphatic carbocycles. The van der Waals surface area contributed by atoms with Gasteiger partial charge in [0.1, 0.15) is 5.01 Å². The van der Waals surface area contributed by atoms with E-state index in [1.54, 1.807) is 11.3 Å². The van der Waals surface area contributed by atoms with Crippen LogP contribution in [0.3, 0.4) is 0 Å². The second-order valence-corrected chi connectivity index (χ2v) is 7.90. The van der Waals surface area contributed by atoms with Crippen LogP contribution in [0.25, 0.3) is 11.3 Å². The normalized spacial score (nSPS) is 16.1. The highest BCUT2D eigenvalue weighted by atomic mass is 32.1. The third-order valence-electron chi connectivity index (χ3n) is 4.89. The summed E-state index contributed by atoms with van der Waals surface area (Å²) in [5, 5.41) is 9.98. The molecule has 2 heterocycles. The topological polar surface area (TPSA) is 52.6 Å². The summed E-state index contributed by atoms with van der Waals surface area (Å²) in [5.41, 5.74) is 2.20. The molecule has 1 fully saturated rings. The number of thiazole rings is 1. The summed E-state index contributed by atoms with van der Waals surface area (Å²) in [6, 6.07) is 10.3. The van der Waals surface area contributed by atoms with Crippen molar-refractivity contribution in [3.8, 4) is 11.3 Å². The van der Waals surface area contributed by atoms with Gasteiger partial charge in [0.05, 0.1) is 12.2 Å². The number of nitrogens with zero attached hydrogens (tertiary/aromatic N) is 3. The van der Waals surface area contributed by atoms with E-state index in [0.717, 1.165) is 35.2 Å². The fraction of sp³-hybridized carbons (Fsp3) is 0.524. The van der Waals surface area contributed by atoms with E-state index < -0.39 is 0 Å². The second-order valence-electron chi connectivity index (χ2n) is 6.95. The van der Waals surface area contributed by atoms with Crippen LogP contribution >= 0.6 is 11.3 Å². The number of likely N-dealkylation sites (tertiary alicyclic amines) is 1. The summed E-state index contributed by atoms with van der Waals surface area (Å²) in [4.78, 5) is 11.6. The fourth-order valence-corrected chi connectivity index (χ4v) is 4.13. The largest absolute Gasteiger partial charge is 0.356 e. The predicted molar refractivity (Wildman–Crippen MR) is 115 cm³/mol. The SMILES string of the molecule is CN=C(NCCCN1CCCCCC1)NCc1nc(-c2ccccc2)cs1. The van der Waals surface area contributed by atoms with E-state index in [0.29, 0.717) is 6.54 Å². The van der Waals surface area contributed by atoms with Crippen LogP contribution in [-0.2, 0) is 6.54 Å². The molecule has 146 valence electrons. The van der Waals surface area contributed by atoms with E-state index in [1.807, 2.05) is 25.2 Å². The van der Waals surface area contributed by atoms with Gasteiger partial charge < -0.3 is 15.5 Å². The number of hydrogen-bond acceptors (Lipinski definition) is 4. The van der Waals surface area contributed by atoms with Gasteiger partial charge in [0, 0.05) is 24.5 Å². The highest BCUT2D eigenvalue weighted by Crippen LogP contribution is 2.21. The third-order valence-corrected chi connectivity index (χ3v) is 5.74. The highest BCUT2D eigenvalue weighted by Gasteiger charge is 2.08. The zero-order chi connectivity index (χ0) is 18.7. The Morgan fingerprint density at radius 2 is 1.89 bits per heavy atom. The van der Waals surface area contributed by atoms with Gasteiger partial charge >= 0.3 is 0 Å². The number of benzene rings is 1. The molecule has 0 saturated carbocycles. The Hall–Kier alpha value is -1.92. The van der Waals surface area contributed by atoms with Crippen LogP contribution in [0.2, 0.25) is 0 Å². The van der Waals surface area contributed by atoms with Crippen LogP contribution < -0.4 is 10.6 Å². The average molecular weight is 386 g/mol. The van der Waals surface area contributed by atoms with Gasteiger partial charge in [0.15, 0.2) is 5.96 Å². The number of rotatable bonds is 7. The van der Waals surface area contributed by atoms with Crippen LogP contribution in [0.4, 0.5) is 0 Å². The lowest BCUT2D eigenvalue weighted by Gasteiger charge is -2.20. The monoisotopic (exact) mass is 385 g/mol. The van der Waals surface area contributed by atoms with Crippen molar-refractivity contribution in [2.24, 2.45) is 4.99 Å². The first kappa shape index (κ1) is 19.8. The van der Waals surface area contributed by atoms with Crippen molar-refractivity contribution in [1.29, 1.82) is 0 Å². The number of guanidine groups is 1. The van der Waals surface area contributed by atoms with Gasteiger partial charge in [-0.1, -0.05) is 43.2 Å². The second kappa shape index (κ2) is 11.0. The van der Waals surface area contributed by atoms with Crippen molar-refractivity contribution in [2.75, 3.05) is 33.2 Å². The molecule has 1 aromatic heterocycles. The van der Waals surface area contributed by atoms with Crippen molar-refractivity contribution < 1.29 is 0 Å². The first-order valence-electron chi connectivity index (χ1n) is 10.0. The molecule has 1 aliphatic heterocycles. The zero-order valence-electron chi connectivity index (χ0n) is 16.3. The summed E-state index contributed by atoms with van der Waals surface area (Å²) in [6.07, 6.45) is 6.66. The quantitative estimate of drug-likeness (QED) is 0.433. The van der Waals surface area contributed by atoms with Gasteiger partial charge in [-0.05, 0) is 38.9 Å². The van der Waals surface area contributed by atoms with Gasteiger partial charge in [-0.15, -0.1) is 11.3 Å². The van der Waals surface area contributed by atoms with E-state index in [2.05, 4.69) is 38.0 Å². The molecule has 3 rings (SSSR count). The van der Waals surface area contributed by atoms with Crippen molar-refractivity contribution >= 4 is 17.3 Å². The Morgan fingerprint density at radius 3 is 2.63 bits per heavy atom. The van der Waals surface area contributed by atoms with Crippen molar-refractivity contribution in [3.63, 3.8) is 0 Å². The van der Waals surface area contributed by atoms with Crippen molar-refractivity contribution in [1.82, 2.24) is 20.5 Å². The van der Waals surface area contributed by atoms with Crippen molar-refractivity contribution in [3.05, 3.63) is 40.7 Å². The van der Waals surface area contributed by atoms with E-state index in [-0.39, 0.29) is 0 Å². The highest BCUT2D eigenvalue weighted by molar-refractivity contribution is 7.09. The predicted octanol–water partition coefficient (Wildman–Crippen LogP) is 3.74. The summed E-state index contributed by atoms with van der Waals surface area (Å²) in [6.45, 7) is 5.35. The van der Waals surface area contributed by atoms with Crippen LogP contribution in [0.1, 0.15) is 37.1 Å². The molecule has 2 N–H and O–H groups in total. The molecule has 0 spiro atoms. The molecule has 5 nitrogen and oxygen atoms in total. The Morgan fingerprint density at radius 1 is 1.11 bits per heavy atom. The van der Waals surface area contributed by atoms with E-state index >= 15 is 0 Å². The first-order valence-corrected chi connectivity index (χ1v) is 10.9. The van der Waals surface area contributed by atoms with E-state index in [1.165, 1.54) is 45.3 Å².